The van der Waals surface area contributed by atoms with E-state index >= 15 is 0 Å². The second-order valence-electron chi connectivity index (χ2n) is 14.3. The number of benzene rings is 2. The number of piperidine rings is 1. The monoisotopic (exact) mass is 702 g/mol. The van der Waals surface area contributed by atoms with Crippen molar-refractivity contribution in [2.75, 3.05) is 32.2 Å². The Bertz CT molecular complexity index is 1640. The molecule has 1 aliphatic rings. The maximum absolute atomic E-state index is 12.7. The number of imidazole rings is 1. The summed E-state index contributed by atoms with van der Waals surface area (Å²) >= 11 is 0. The molecule has 4 aromatic rings. The van der Waals surface area contributed by atoms with E-state index in [0.29, 0.717) is 56.2 Å². The predicted octanol–water partition coefficient (Wildman–Crippen LogP) is 7.38. The minimum absolute atomic E-state index is 0.0454. The lowest BCUT2D eigenvalue weighted by atomic mass is 9.90. The van der Waals surface area contributed by atoms with Crippen molar-refractivity contribution in [3.8, 4) is 17.5 Å². The molecule has 0 aliphatic carbocycles. The first-order valence-corrected chi connectivity index (χ1v) is 18.1. The summed E-state index contributed by atoms with van der Waals surface area (Å²) in [5.41, 5.74) is 2.63. The highest BCUT2D eigenvalue weighted by molar-refractivity contribution is 5.68. The van der Waals surface area contributed by atoms with Crippen LogP contribution in [0.3, 0.4) is 0 Å². The number of ether oxygens (including phenoxy) is 4. The Morgan fingerprint density at radius 1 is 0.922 bits per heavy atom. The average molecular weight is 703 g/mol. The zero-order valence-corrected chi connectivity index (χ0v) is 31.2. The first-order chi connectivity index (χ1) is 24.5. The van der Waals surface area contributed by atoms with E-state index < -0.39 is 11.7 Å². The summed E-state index contributed by atoms with van der Waals surface area (Å²) in [6.45, 7) is 11.9. The maximum Gasteiger partial charge on any atom is 0.410 e. The van der Waals surface area contributed by atoms with Gasteiger partial charge < -0.3 is 33.9 Å². The number of carbonyl (C=O) groups excluding carboxylic acids is 1. The quantitative estimate of drug-likeness (QED) is 0.134. The zero-order valence-electron chi connectivity index (χ0n) is 31.2. The number of rotatable bonds is 15. The topological polar surface area (TPSA) is 124 Å². The number of hydrogen-bond acceptors (Lipinski definition) is 10. The number of methoxy groups -OCH3 is 2. The molecule has 276 valence electrons. The van der Waals surface area contributed by atoms with E-state index in [1.807, 2.05) is 69.3 Å². The Morgan fingerprint density at radius 3 is 1.96 bits per heavy atom. The molecule has 12 nitrogen and oxygen atoms in total. The van der Waals surface area contributed by atoms with E-state index in [-0.39, 0.29) is 24.1 Å². The maximum atomic E-state index is 12.7. The van der Waals surface area contributed by atoms with Crippen molar-refractivity contribution < 1.29 is 28.8 Å². The summed E-state index contributed by atoms with van der Waals surface area (Å²) in [6, 6.07) is 16.2. The summed E-state index contributed by atoms with van der Waals surface area (Å²) < 4.78 is 24.6. The van der Waals surface area contributed by atoms with E-state index in [2.05, 4.69) is 18.7 Å². The molecule has 0 saturated carbocycles. The number of hydrogen-bond donors (Lipinski definition) is 1. The van der Waals surface area contributed by atoms with Crippen molar-refractivity contribution in [2.45, 2.75) is 104 Å². The first-order valence-electron chi connectivity index (χ1n) is 18.1. The first kappa shape index (κ1) is 37.7. The molecule has 2 aromatic heterocycles. The highest BCUT2D eigenvalue weighted by Gasteiger charge is 2.33. The van der Waals surface area contributed by atoms with Crippen molar-refractivity contribution in [3.63, 3.8) is 0 Å². The van der Waals surface area contributed by atoms with Gasteiger partial charge in [0.05, 0.1) is 26.1 Å². The summed E-state index contributed by atoms with van der Waals surface area (Å²) in [7, 11) is 3.31. The normalized spacial score (nSPS) is 14.5. The number of aliphatic hydroxyl groups excluding tert-OH is 1. The lowest BCUT2D eigenvalue weighted by molar-refractivity contribution is 0.00685. The number of aliphatic hydroxyl groups is 1. The third kappa shape index (κ3) is 9.81. The van der Waals surface area contributed by atoms with Crippen LogP contribution >= 0.6 is 0 Å². The van der Waals surface area contributed by atoms with E-state index in [4.69, 9.17) is 34.0 Å². The Kier molecular flexibility index (Phi) is 12.6. The van der Waals surface area contributed by atoms with Crippen molar-refractivity contribution in [2.24, 2.45) is 5.92 Å². The van der Waals surface area contributed by atoms with Crippen LogP contribution in [0.4, 0.5) is 10.6 Å². The fourth-order valence-corrected chi connectivity index (χ4v) is 6.46. The molecule has 1 saturated heterocycles. The van der Waals surface area contributed by atoms with Crippen LogP contribution in [0, 0.1) is 5.92 Å². The number of amides is 1. The molecule has 51 heavy (non-hydrogen) atoms. The standard InChI is InChI=1S/C39H54N6O6/c1-8-10-32(11-9-2)50-37-41-36(44(25-27-12-16-30(48-6)17-13-27)26-28-14-18-31(49-7)19-15-28)35-40-24-33(45(35)42-37)34(46)29-20-22-43(23-21-29)38(47)51-39(3,4)5/h12-19,24,29,32,34,46H,8-11,20-23,25-26H2,1-7H3. The molecule has 1 fully saturated rings. The number of carbonyl (C=O) groups is 1. The van der Waals surface area contributed by atoms with E-state index in [1.54, 1.807) is 29.8 Å². The lowest BCUT2D eigenvalue weighted by Crippen LogP contribution is -2.42. The van der Waals surface area contributed by atoms with Crippen LogP contribution in [0.2, 0.25) is 0 Å². The molecular formula is C39H54N6O6. The van der Waals surface area contributed by atoms with Crippen LogP contribution in [-0.4, -0.2) is 74.7 Å². The fourth-order valence-electron chi connectivity index (χ4n) is 6.46. The van der Waals surface area contributed by atoms with E-state index in [9.17, 15) is 9.90 Å². The fraction of sp³-hybridized carbons (Fsp3) is 0.538. The number of likely N-dealkylation sites (tertiary alicyclic amines) is 1. The third-order valence-corrected chi connectivity index (χ3v) is 9.15. The molecule has 0 bridgehead atoms. The van der Waals surface area contributed by atoms with Crippen molar-refractivity contribution in [3.05, 3.63) is 71.5 Å². The minimum atomic E-state index is -0.866. The summed E-state index contributed by atoms with van der Waals surface area (Å²) in [5, 5.41) is 16.7. The average Bonchev–Trinajstić information content (AvgIpc) is 3.55. The highest BCUT2D eigenvalue weighted by Crippen LogP contribution is 2.34. The molecule has 3 heterocycles. The Morgan fingerprint density at radius 2 is 1.47 bits per heavy atom. The van der Waals surface area contributed by atoms with Crippen LogP contribution in [0.15, 0.2) is 54.7 Å². The van der Waals surface area contributed by atoms with Gasteiger partial charge in [0, 0.05) is 26.2 Å². The molecule has 1 amide bonds. The van der Waals surface area contributed by atoms with Crippen LogP contribution in [0.1, 0.15) is 96.1 Å². The highest BCUT2D eigenvalue weighted by atomic mass is 16.6. The SMILES string of the molecule is CCCC(CCC)Oc1nc(N(Cc2ccc(OC)cc2)Cc2ccc(OC)cc2)c2ncc(C(O)C3CCN(C(=O)OC(C)(C)C)CC3)n2n1. The molecule has 1 aliphatic heterocycles. The molecule has 0 radical (unpaired) electrons. The Labute approximate surface area is 301 Å². The smallest absolute Gasteiger partial charge is 0.410 e. The number of aromatic nitrogens is 4. The number of anilines is 1. The number of fused-ring (bicyclic) bond motifs is 1. The van der Waals surface area contributed by atoms with Gasteiger partial charge >= 0.3 is 12.1 Å². The van der Waals surface area contributed by atoms with Crippen LogP contribution in [-0.2, 0) is 17.8 Å². The Balaban J connectivity index is 1.52. The van der Waals surface area contributed by atoms with Crippen molar-refractivity contribution in [1.82, 2.24) is 24.5 Å². The van der Waals surface area contributed by atoms with Crippen molar-refractivity contribution in [1.29, 1.82) is 0 Å². The minimum Gasteiger partial charge on any atom is -0.497 e. The molecule has 0 spiro atoms. The third-order valence-electron chi connectivity index (χ3n) is 9.15. The van der Waals surface area contributed by atoms with Gasteiger partial charge in [-0.1, -0.05) is 51.0 Å². The van der Waals surface area contributed by atoms with Gasteiger partial charge in [0.1, 0.15) is 29.3 Å². The van der Waals surface area contributed by atoms with E-state index in [1.165, 1.54) is 0 Å². The van der Waals surface area contributed by atoms with Gasteiger partial charge in [-0.05, 0) is 87.8 Å². The Hall–Kier alpha value is -4.58. The van der Waals surface area contributed by atoms with Gasteiger partial charge in [-0.25, -0.2) is 14.3 Å². The van der Waals surface area contributed by atoms with Gasteiger partial charge in [0.15, 0.2) is 11.5 Å². The van der Waals surface area contributed by atoms with Gasteiger partial charge in [0.2, 0.25) is 0 Å². The second-order valence-corrected chi connectivity index (χ2v) is 14.3. The van der Waals surface area contributed by atoms with Crippen LogP contribution in [0.25, 0.3) is 5.65 Å². The predicted molar refractivity (Wildman–Crippen MR) is 196 cm³/mol. The van der Waals surface area contributed by atoms with Gasteiger partial charge in [-0.2, -0.15) is 4.98 Å². The van der Waals surface area contributed by atoms with Crippen LogP contribution < -0.4 is 19.1 Å². The van der Waals surface area contributed by atoms with Gasteiger partial charge in [-0.15, -0.1) is 5.10 Å². The molecule has 5 rings (SSSR count). The number of nitrogens with zero attached hydrogens (tertiary/aromatic N) is 6. The molecule has 2 aromatic carbocycles. The lowest BCUT2D eigenvalue weighted by Gasteiger charge is -2.35. The summed E-state index contributed by atoms with van der Waals surface area (Å²) in [4.78, 5) is 26.4. The molecule has 1 N–H and O–H groups in total. The molecule has 12 heteroatoms. The molecule has 1 unspecified atom stereocenters. The largest absolute Gasteiger partial charge is 0.497 e. The molecule has 1 atom stereocenters. The van der Waals surface area contributed by atoms with Crippen molar-refractivity contribution >= 4 is 17.6 Å². The molecular weight excluding hydrogens is 648 g/mol. The second kappa shape index (κ2) is 17.1. The summed E-state index contributed by atoms with van der Waals surface area (Å²) in [5.74, 6) is 2.05. The van der Waals surface area contributed by atoms with Gasteiger partial charge in [0.25, 0.3) is 0 Å². The van der Waals surface area contributed by atoms with Gasteiger partial charge in [-0.3, -0.25) is 0 Å². The van der Waals surface area contributed by atoms with E-state index in [0.717, 1.165) is 48.3 Å². The van der Waals surface area contributed by atoms with Crippen LogP contribution in [0.5, 0.6) is 17.5 Å². The summed E-state index contributed by atoms with van der Waals surface area (Å²) in [6.07, 6.45) is 5.38. The zero-order chi connectivity index (χ0) is 36.5.